The molecule has 6 heteroatoms. The molecule has 0 aliphatic heterocycles. The van der Waals surface area contributed by atoms with E-state index in [2.05, 4.69) is 16.6 Å². The molecule has 0 bridgehead atoms. The third-order valence-electron chi connectivity index (χ3n) is 4.19. The van der Waals surface area contributed by atoms with Crippen LogP contribution in [0.1, 0.15) is 18.3 Å². The SMILES string of the molecule is CSCC[C@@H](C(=O)NCc1nc2ccccc2n1C)n1cccc1. The monoisotopic (exact) mass is 342 g/mol. The van der Waals surface area contributed by atoms with Gasteiger partial charge in [0.2, 0.25) is 5.91 Å². The number of carbonyl (C=O) groups excluding carboxylic acids is 1. The first-order valence-corrected chi connectivity index (χ1v) is 9.39. The Morgan fingerprint density at radius 2 is 2.00 bits per heavy atom. The summed E-state index contributed by atoms with van der Waals surface area (Å²) in [6.07, 6.45) is 6.76. The molecule has 0 aliphatic carbocycles. The maximum Gasteiger partial charge on any atom is 0.243 e. The van der Waals surface area contributed by atoms with Crippen LogP contribution in [0.25, 0.3) is 11.0 Å². The molecule has 0 saturated heterocycles. The zero-order valence-electron chi connectivity index (χ0n) is 14.0. The van der Waals surface area contributed by atoms with E-state index in [4.69, 9.17) is 0 Å². The van der Waals surface area contributed by atoms with Crippen LogP contribution in [-0.4, -0.2) is 32.0 Å². The summed E-state index contributed by atoms with van der Waals surface area (Å²) in [5, 5.41) is 3.05. The van der Waals surface area contributed by atoms with Gasteiger partial charge >= 0.3 is 0 Å². The fourth-order valence-electron chi connectivity index (χ4n) is 2.84. The van der Waals surface area contributed by atoms with E-state index in [1.807, 2.05) is 65.0 Å². The Bertz CT molecular complexity index is 810. The smallest absolute Gasteiger partial charge is 0.243 e. The second-order valence-corrected chi connectivity index (χ2v) is 6.71. The third-order valence-corrected chi connectivity index (χ3v) is 4.83. The predicted molar refractivity (Wildman–Crippen MR) is 99.0 cm³/mol. The first kappa shape index (κ1) is 16.6. The van der Waals surface area contributed by atoms with Gasteiger partial charge in [0.15, 0.2) is 0 Å². The quantitative estimate of drug-likeness (QED) is 0.718. The minimum absolute atomic E-state index is 0.0345. The van der Waals surface area contributed by atoms with Crippen molar-refractivity contribution in [2.45, 2.75) is 19.0 Å². The highest BCUT2D eigenvalue weighted by molar-refractivity contribution is 7.98. The van der Waals surface area contributed by atoms with Crippen LogP contribution in [0.4, 0.5) is 0 Å². The number of nitrogens with one attached hydrogen (secondary N) is 1. The maximum atomic E-state index is 12.7. The molecule has 0 radical (unpaired) electrons. The number of aryl methyl sites for hydroxylation is 1. The summed E-state index contributed by atoms with van der Waals surface area (Å²) >= 11 is 1.75. The van der Waals surface area contributed by atoms with Gasteiger partial charge in [0, 0.05) is 19.4 Å². The minimum Gasteiger partial charge on any atom is -0.347 e. The lowest BCUT2D eigenvalue weighted by Crippen LogP contribution is -2.32. The van der Waals surface area contributed by atoms with Gasteiger partial charge in [0.05, 0.1) is 17.6 Å². The molecular formula is C18H22N4OS. The molecule has 5 nitrogen and oxygen atoms in total. The number of thioether (sulfide) groups is 1. The number of fused-ring (bicyclic) bond motifs is 1. The Labute approximate surface area is 146 Å². The van der Waals surface area contributed by atoms with Gasteiger partial charge in [-0.1, -0.05) is 12.1 Å². The Hall–Kier alpha value is -2.21. The number of hydrogen-bond donors (Lipinski definition) is 1. The lowest BCUT2D eigenvalue weighted by atomic mass is 10.2. The molecule has 0 aliphatic rings. The Kier molecular flexibility index (Phi) is 5.25. The number of nitrogens with zero attached hydrogens (tertiary/aromatic N) is 3. The number of aromatic nitrogens is 3. The number of imidazole rings is 1. The minimum atomic E-state index is -0.179. The summed E-state index contributed by atoms with van der Waals surface area (Å²) < 4.78 is 4.00. The van der Waals surface area contributed by atoms with E-state index in [1.165, 1.54) is 0 Å². The second kappa shape index (κ2) is 7.57. The first-order valence-electron chi connectivity index (χ1n) is 8.00. The molecule has 2 heterocycles. The number of rotatable bonds is 7. The molecule has 0 unspecified atom stereocenters. The van der Waals surface area contributed by atoms with Crippen LogP contribution in [0.5, 0.6) is 0 Å². The van der Waals surface area contributed by atoms with Crippen molar-refractivity contribution in [3.8, 4) is 0 Å². The maximum absolute atomic E-state index is 12.7. The number of amides is 1. The van der Waals surface area contributed by atoms with Crippen LogP contribution in [0.3, 0.4) is 0 Å². The molecule has 24 heavy (non-hydrogen) atoms. The summed E-state index contributed by atoms with van der Waals surface area (Å²) in [6.45, 7) is 0.432. The van der Waals surface area contributed by atoms with Gasteiger partial charge in [-0.15, -0.1) is 0 Å². The topological polar surface area (TPSA) is 51.9 Å². The molecular weight excluding hydrogens is 320 g/mol. The van der Waals surface area contributed by atoms with Gasteiger partial charge in [-0.05, 0) is 42.7 Å². The number of hydrogen-bond acceptors (Lipinski definition) is 3. The van der Waals surface area contributed by atoms with E-state index in [0.29, 0.717) is 6.54 Å². The van der Waals surface area contributed by atoms with Crippen molar-refractivity contribution in [2.75, 3.05) is 12.0 Å². The standard InChI is InChI=1S/C18H22N4OS/c1-21-15-8-4-3-7-14(15)20-17(21)13-19-18(23)16(9-12-24-2)22-10-5-6-11-22/h3-8,10-11,16H,9,12-13H2,1-2H3,(H,19,23)/t16-/m0/s1. The van der Waals surface area contributed by atoms with Crippen LogP contribution in [0.15, 0.2) is 48.8 Å². The van der Waals surface area contributed by atoms with E-state index in [9.17, 15) is 4.79 Å². The molecule has 2 aromatic heterocycles. The summed E-state index contributed by atoms with van der Waals surface area (Å²) in [4.78, 5) is 17.3. The summed E-state index contributed by atoms with van der Waals surface area (Å²) in [5.41, 5.74) is 2.03. The van der Waals surface area contributed by atoms with Gasteiger partial charge in [-0.2, -0.15) is 11.8 Å². The van der Waals surface area contributed by atoms with Crippen molar-refractivity contribution >= 4 is 28.7 Å². The Morgan fingerprint density at radius 1 is 1.25 bits per heavy atom. The van der Waals surface area contributed by atoms with E-state index >= 15 is 0 Å². The van der Waals surface area contributed by atoms with Crippen LogP contribution in [-0.2, 0) is 18.4 Å². The van der Waals surface area contributed by atoms with Crippen molar-refractivity contribution in [3.63, 3.8) is 0 Å². The normalized spacial score (nSPS) is 12.4. The molecule has 126 valence electrons. The lowest BCUT2D eigenvalue weighted by Gasteiger charge is -2.18. The summed E-state index contributed by atoms with van der Waals surface area (Å²) in [5.74, 6) is 1.84. The van der Waals surface area contributed by atoms with Crippen molar-refractivity contribution in [1.29, 1.82) is 0 Å². The van der Waals surface area contributed by atoms with E-state index in [-0.39, 0.29) is 11.9 Å². The summed E-state index contributed by atoms with van der Waals surface area (Å²) in [6, 6.07) is 11.7. The van der Waals surface area contributed by atoms with Crippen molar-refractivity contribution in [2.24, 2.45) is 7.05 Å². The van der Waals surface area contributed by atoms with Gasteiger partial charge in [-0.3, -0.25) is 4.79 Å². The molecule has 0 saturated carbocycles. The van der Waals surface area contributed by atoms with Crippen molar-refractivity contribution in [1.82, 2.24) is 19.4 Å². The van der Waals surface area contributed by atoms with E-state index in [1.54, 1.807) is 11.8 Å². The number of para-hydroxylation sites is 2. The molecule has 1 atom stereocenters. The Morgan fingerprint density at radius 3 is 2.71 bits per heavy atom. The zero-order valence-corrected chi connectivity index (χ0v) is 14.8. The predicted octanol–water partition coefficient (Wildman–Crippen LogP) is 2.99. The average Bonchev–Trinajstić information content (AvgIpc) is 3.22. The fraction of sp³-hybridized carbons (Fsp3) is 0.333. The van der Waals surface area contributed by atoms with Crippen LogP contribution in [0, 0.1) is 0 Å². The van der Waals surface area contributed by atoms with E-state index < -0.39 is 0 Å². The molecule has 1 N–H and O–H groups in total. The third kappa shape index (κ3) is 3.48. The molecule has 0 spiro atoms. The molecule has 0 fully saturated rings. The molecule has 1 amide bonds. The molecule has 3 rings (SSSR count). The zero-order chi connectivity index (χ0) is 16.9. The largest absolute Gasteiger partial charge is 0.347 e. The number of carbonyl (C=O) groups is 1. The van der Waals surface area contributed by atoms with Crippen molar-refractivity contribution < 1.29 is 4.79 Å². The fourth-order valence-corrected chi connectivity index (χ4v) is 3.30. The molecule has 1 aromatic carbocycles. The number of benzene rings is 1. The van der Waals surface area contributed by atoms with Crippen LogP contribution >= 0.6 is 11.8 Å². The van der Waals surface area contributed by atoms with Gasteiger partial charge in [0.25, 0.3) is 0 Å². The summed E-state index contributed by atoms with van der Waals surface area (Å²) in [7, 11) is 1.98. The highest BCUT2D eigenvalue weighted by atomic mass is 32.2. The Balaban J connectivity index is 1.71. The highest BCUT2D eigenvalue weighted by Crippen LogP contribution is 2.17. The molecule has 3 aromatic rings. The average molecular weight is 342 g/mol. The second-order valence-electron chi connectivity index (χ2n) is 5.72. The highest BCUT2D eigenvalue weighted by Gasteiger charge is 2.19. The van der Waals surface area contributed by atoms with E-state index in [0.717, 1.165) is 29.0 Å². The van der Waals surface area contributed by atoms with Gasteiger partial charge in [0.1, 0.15) is 11.9 Å². The lowest BCUT2D eigenvalue weighted by molar-refractivity contribution is -0.124. The van der Waals surface area contributed by atoms with Gasteiger partial charge in [-0.25, -0.2) is 4.98 Å². The van der Waals surface area contributed by atoms with Crippen LogP contribution < -0.4 is 5.32 Å². The van der Waals surface area contributed by atoms with Crippen molar-refractivity contribution in [3.05, 3.63) is 54.6 Å². The first-order chi connectivity index (χ1) is 11.7. The van der Waals surface area contributed by atoms with Crippen LogP contribution in [0.2, 0.25) is 0 Å². The van der Waals surface area contributed by atoms with Gasteiger partial charge < -0.3 is 14.5 Å².